The Labute approximate surface area is 167 Å². The second kappa shape index (κ2) is 7.76. The van der Waals surface area contributed by atoms with E-state index in [9.17, 15) is 21.2 Å². The average Bonchev–Trinajstić information content (AvgIpc) is 2.67. The highest BCUT2D eigenvalue weighted by Crippen LogP contribution is 2.24. The average molecular weight is 437 g/mol. The number of methoxy groups -OCH3 is 1. The zero-order chi connectivity index (χ0) is 21.2. The number of ether oxygens (including phenoxy) is 1. The summed E-state index contributed by atoms with van der Waals surface area (Å²) in [5, 5.41) is 7.41. The number of rotatable bonds is 6. The third-order valence-corrected chi connectivity index (χ3v) is 6.24. The van der Waals surface area contributed by atoms with Crippen molar-refractivity contribution in [3.63, 3.8) is 0 Å². The number of hydrogen-bond acceptors (Lipinski definition) is 7. The van der Waals surface area contributed by atoms with Crippen molar-refractivity contribution >= 4 is 25.5 Å². The smallest absolute Gasteiger partial charge is 0.262 e. The van der Waals surface area contributed by atoms with Crippen LogP contribution in [0.2, 0.25) is 0 Å². The molecule has 0 aliphatic heterocycles. The number of sulfone groups is 1. The Balaban J connectivity index is 1.80. The fourth-order valence-corrected chi connectivity index (χ4v) is 3.98. The predicted octanol–water partition coefficient (Wildman–Crippen LogP) is 2.50. The molecular formula is C18H16FN3O5S2. The summed E-state index contributed by atoms with van der Waals surface area (Å²) in [5.74, 6) is -0.849. The second-order valence-corrected chi connectivity index (χ2v) is 9.65. The van der Waals surface area contributed by atoms with E-state index in [1.807, 2.05) is 0 Å². The topological polar surface area (TPSA) is 115 Å². The molecule has 1 heterocycles. The largest absolute Gasteiger partial charge is 0.494 e. The van der Waals surface area contributed by atoms with Gasteiger partial charge in [0.25, 0.3) is 10.0 Å². The fourth-order valence-electron chi connectivity index (χ4n) is 2.41. The molecule has 0 fully saturated rings. The van der Waals surface area contributed by atoms with Crippen LogP contribution in [0.4, 0.5) is 10.1 Å². The molecule has 2 aromatic carbocycles. The van der Waals surface area contributed by atoms with Crippen LogP contribution in [0.3, 0.4) is 0 Å². The summed E-state index contributed by atoms with van der Waals surface area (Å²) in [6.07, 6.45) is 1.03. The molecule has 152 valence electrons. The van der Waals surface area contributed by atoms with Crippen LogP contribution in [0.1, 0.15) is 0 Å². The monoisotopic (exact) mass is 437 g/mol. The van der Waals surface area contributed by atoms with Gasteiger partial charge < -0.3 is 4.74 Å². The lowest BCUT2D eigenvalue weighted by Crippen LogP contribution is -2.13. The number of sulfonamides is 1. The van der Waals surface area contributed by atoms with Crippen molar-refractivity contribution in [1.29, 1.82) is 0 Å². The molecule has 0 amide bonds. The molecule has 29 heavy (non-hydrogen) atoms. The van der Waals surface area contributed by atoms with Crippen molar-refractivity contribution in [1.82, 2.24) is 10.2 Å². The Morgan fingerprint density at radius 1 is 0.931 bits per heavy atom. The fraction of sp³-hybridized carbons (Fsp3) is 0.111. The minimum absolute atomic E-state index is 0.0590. The van der Waals surface area contributed by atoms with Crippen molar-refractivity contribution in [3.05, 3.63) is 60.4 Å². The molecule has 0 saturated carbocycles. The van der Waals surface area contributed by atoms with Crippen LogP contribution < -0.4 is 9.46 Å². The number of aromatic nitrogens is 2. The summed E-state index contributed by atoms with van der Waals surface area (Å²) in [4.78, 5) is -0.248. The van der Waals surface area contributed by atoms with Crippen LogP contribution in [0.25, 0.3) is 11.3 Å². The van der Waals surface area contributed by atoms with Crippen LogP contribution in [-0.4, -0.2) is 40.4 Å². The SMILES string of the molecule is COc1ccc(S(=O)(=O)Nc2ccc(-c3ccc(S(C)(=O)=O)nn3)cc2)cc1F. The maximum Gasteiger partial charge on any atom is 0.262 e. The first-order chi connectivity index (χ1) is 13.6. The van der Waals surface area contributed by atoms with Gasteiger partial charge in [0.1, 0.15) is 0 Å². The third-order valence-electron chi connectivity index (χ3n) is 3.89. The van der Waals surface area contributed by atoms with Crippen molar-refractivity contribution in [3.8, 4) is 17.0 Å². The normalized spacial score (nSPS) is 11.8. The molecule has 1 N–H and O–H groups in total. The van der Waals surface area contributed by atoms with Gasteiger partial charge in [-0.05, 0) is 42.5 Å². The number of nitrogens with zero attached hydrogens (tertiary/aromatic N) is 2. The van der Waals surface area contributed by atoms with Crippen LogP contribution in [0.15, 0.2) is 64.5 Å². The maximum absolute atomic E-state index is 13.8. The molecule has 0 spiro atoms. The van der Waals surface area contributed by atoms with E-state index < -0.39 is 25.7 Å². The quantitative estimate of drug-likeness (QED) is 0.630. The number of benzene rings is 2. The summed E-state index contributed by atoms with van der Waals surface area (Å²) in [7, 11) is -6.16. The Morgan fingerprint density at radius 2 is 1.62 bits per heavy atom. The van der Waals surface area contributed by atoms with Crippen molar-refractivity contribution in [2.45, 2.75) is 9.92 Å². The van der Waals surface area contributed by atoms with Gasteiger partial charge in [-0.15, -0.1) is 10.2 Å². The predicted molar refractivity (Wildman–Crippen MR) is 104 cm³/mol. The first-order valence-corrected chi connectivity index (χ1v) is 11.5. The van der Waals surface area contributed by atoms with Gasteiger partial charge in [-0.2, -0.15) is 0 Å². The van der Waals surface area contributed by atoms with E-state index in [2.05, 4.69) is 14.9 Å². The van der Waals surface area contributed by atoms with Crippen LogP contribution in [0, 0.1) is 5.82 Å². The molecule has 0 unspecified atom stereocenters. The molecule has 0 atom stereocenters. The molecular weight excluding hydrogens is 421 g/mol. The van der Waals surface area contributed by atoms with Gasteiger partial charge in [-0.3, -0.25) is 4.72 Å². The molecule has 3 aromatic rings. The van der Waals surface area contributed by atoms with E-state index in [0.29, 0.717) is 11.3 Å². The minimum atomic E-state index is -4.00. The third kappa shape index (κ3) is 4.69. The van der Waals surface area contributed by atoms with Crippen molar-refractivity contribution in [2.24, 2.45) is 0 Å². The summed E-state index contributed by atoms with van der Waals surface area (Å²) in [6.45, 7) is 0. The van der Waals surface area contributed by atoms with Gasteiger partial charge in [0.05, 0.1) is 17.7 Å². The molecule has 0 bridgehead atoms. The number of nitrogens with one attached hydrogen (secondary N) is 1. The summed E-state index contributed by atoms with van der Waals surface area (Å²) in [6, 6.07) is 12.4. The van der Waals surface area contributed by atoms with E-state index in [1.165, 1.54) is 43.5 Å². The molecule has 11 heteroatoms. The number of anilines is 1. The van der Waals surface area contributed by atoms with Crippen LogP contribution in [0.5, 0.6) is 5.75 Å². The molecule has 0 saturated heterocycles. The second-order valence-electron chi connectivity index (χ2n) is 6.01. The highest BCUT2D eigenvalue weighted by Gasteiger charge is 2.17. The molecule has 1 aromatic heterocycles. The van der Waals surface area contributed by atoms with Crippen LogP contribution >= 0.6 is 0 Å². The molecule has 0 aliphatic rings. The lowest BCUT2D eigenvalue weighted by molar-refractivity contribution is 0.385. The standard InChI is InChI=1S/C18H16FN3O5S2/c1-27-17-9-7-14(11-15(17)19)29(25,26)22-13-5-3-12(4-6-13)16-8-10-18(21-20-16)28(2,23)24/h3-11,22H,1-2H3. The number of hydrogen-bond donors (Lipinski definition) is 1. The minimum Gasteiger partial charge on any atom is -0.494 e. The van der Waals surface area contributed by atoms with Gasteiger partial charge >= 0.3 is 0 Å². The van der Waals surface area contributed by atoms with Gasteiger partial charge in [0.2, 0.25) is 0 Å². The Kier molecular flexibility index (Phi) is 5.53. The van der Waals surface area contributed by atoms with E-state index in [0.717, 1.165) is 12.3 Å². The van der Waals surface area contributed by atoms with Crippen molar-refractivity contribution in [2.75, 3.05) is 18.1 Å². The van der Waals surface area contributed by atoms with E-state index in [4.69, 9.17) is 4.74 Å². The summed E-state index contributed by atoms with van der Waals surface area (Å²) in [5.41, 5.74) is 1.28. The van der Waals surface area contributed by atoms with E-state index >= 15 is 0 Å². The Morgan fingerprint density at radius 3 is 2.14 bits per heavy atom. The molecule has 3 rings (SSSR count). The number of halogens is 1. The zero-order valence-corrected chi connectivity index (χ0v) is 17.0. The molecule has 0 aliphatic carbocycles. The van der Waals surface area contributed by atoms with Gasteiger partial charge in [0, 0.05) is 17.5 Å². The van der Waals surface area contributed by atoms with E-state index in [-0.39, 0.29) is 21.4 Å². The summed E-state index contributed by atoms with van der Waals surface area (Å²) >= 11 is 0. The highest BCUT2D eigenvalue weighted by molar-refractivity contribution is 7.92. The van der Waals surface area contributed by atoms with Gasteiger partial charge in [-0.1, -0.05) is 12.1 Å². The lowest BCUT2D eigenvalue weighted by atomic mass is 10.1. The van der Waals surface area contributed by atoms with Crippen molar-refractivity contribution < 1.29 is 26.0 Å². The van der Waals surface area contributed by atoms with Gasteiger partial charge in [-0.25, -0.2) is 21.2 Å². The molecule has 8 nitrogen and oxygen atoms in total. The Hall–Kier alpha value is -3.05. The Bertz CT molecular complexity index is 1240. The maximum atomic E-state index is 13.8. The first-order valence-electron chi connectivity index (χ1n) is 8.11. The highest BCUT2D eigenvalue weighted by atomic mass is 32.2. The summed E-state index contributed by atoms with van der Waals surface area (Å²) < 4.78 is 68.7. The zero-order valence-electron chi connectivity index (χ0n) is 15.3. The first kappa shape index (κ1) is 20.7. The van der Waals surface area contributed by atoms with Crippen LogP contribution in [-0.2, 0) is 19.9 Å². The van der Waals surface area contributed by atoms with Gasteiger partial charge in [0.15, 0.2) is 26.4 Å². The van der Waals surface area contributed by atoms with E-state index in [1.54, 1.807) is 12.1 Å². The lowest BCUT2D eigenvalue weighted by Gasteiger charge is -2.10. The molecule has 0 radical (unpaired) electrons.